The minimum absolute atomic E-state index is 0.347. The van der Waals surface area contributed by atoms with E-state index in [0.29, 0.717) is 17.7 Å². The van der Waals surface area contributed by atoms with Gasteiger partial charge in [0.25, 0.3) is 0 Å². The van der Waals surface area contributed by atoms with Crippen LogP contribution in [-0.4, -0.2) is 35.6 Å². The molecule has 1 saturated heterocycles. The van der Waals surface area contributed by atoms with Gasteiger partial charge in [-0.1, -0.05) is 19.0 Å². The Labute approximate surface area is 98.5 Å². The molecule has 3 N–H and O–H groups in total. The van der Waals surface area contributed by atoms with E-state index in [1.165, 1.54) is 25.9 Å². The molecule has 0 saturated carbocycles. The molecular formula is C12H25N3O. The number of hydrogen-bond acceptors (Lipinski definition) is 3. The van der Waals surface area contributed by atoms with E-state index in [4.69, 9.17) is 10.9 Å². The van der Waals surface area contributed by atoms with E-state index >= 15 is 0 Å². The smallest absolute Gasteiger partial charge is 0.139 e. The normalized spacial score (nSPS) is 22.2. The van der Waals surface area contributed by atoms with E-state index in [1.54, 1.807) is 0 Å². The maximum absolute atomic E-state index is 8.39. The third-order valence-corrected chi connectivity index (χ3v) is 3.50. The highest BCUT2D eigenvalue weighted by Crippen LogP contribution is 2.29. The lowest BCUT2D eigenvalue weighted by atomic mass is 9.82. The summed E-state index contributed by atoms with van der Waals surface area (Å²) in [7, 11) is 0. The molecule has 1 heterocycles. The van der Waals surface area contributed by atoms with Crippen molar-refractivity contribution in [1.82, 2.24) is 4.90 Å². The number of nitrogens with two attached hydrogens (primary N) is 1. The zero-order valence-corrected chi connectivity index (χ0v) is 10.6. The molecule has 1 rings (SSSR count). The molecule has 0 atom stereocenters. The Morgan fingerprint density at radius 2 is 1.94 bits per heavy atom. The molecular weight excluding hydrogens is 202 g/mol. The van der Waals surface area contributed by atoms with Crippen molar-refractivity contribution in [2.24, 2.45) is 16.3 Å². The Morgan fingerprint density at radius 3 is 2.50 bits per heavy atom. The van der Waals surface area contributed by atoms with Gasteiger partial charge in [-0.25, -0.2) is 0 Å². The Bertz CT molecular complexity index is 228. The highest BCUT2D eigenvalue weighted by molar-refractivity contribution is 5.79. The SMILES string of the molecule is CC1(C)CCN(CCCCC(N)=NO)CC1. The molecule has 16 heavy (non-hydrogen) atoms. The topological polar surface area (TPSA) is 61.8 Å². The minimum Gasteiger partial charge on any atom is -0.409 e. The van der Waals surface area contributed by atoms with Crippen molar-refractivity contribution < 1.29 is 5.21 Å². The summed E-state index contributed by atoms with van der Waals surface area (Å²) in [5.41, 5.74) is 5.95. The molecule has 1 fully saturated rings. The van der Waals surface area contributed by atoms with E-state index in [-0.39, 0.29) is 0 Å². The molecule has 0 amide bonds. The first-order valence-electron chi connectivity index (χ1n) is 6.22. The van der Waals surface area contributed by atoms with Crippen LogP contribution in [0.5, 0.6) is 0 Å². The lowest BCUT2D eigenvalue weighted by molar-refractivity contribution is 0.131. The average molecular weight is 227 g/mol. The molecule has 1 aliphatic heterocycles. The number of rotatable bonds is 5. The van der Waals surface area contributed by atoms with Crippen LogP contribution >= 0.6 is 0 Å². The zero-order valence-electron chi connectivity index (χ0n) is 10.6. The monoisotopic (exact) mass is 227 g/mol. The first kappa shape index (κ1) is 13.3. The molecule has 0 aromatic rings. The lowest BCUT2D eigenvalue weighted by Crippen LogP contribution is -2.37. The van der Waals surface area contributed by atoms with Gasteiger partial charge in [0.15, 0.2) is 0 Å². The van der Waals surface area contributed by atoms with Crippen molar-refractivity contribution in [3.05, 3.63) is 0 Å². The largest absolute Gasteiger partial charge is 0.409 e. The van der Waals surface area contributed by atoms with Crippen LogP contribution in [-0.2, 0) is 0 Å². The Morgan fingerprint density at radius 1 is 1.31 bits per heavy atom. The highest BCUT2D eigenvalue weighted by Gasteiger charge is 2.24. The number of oxime groups is 1. The maximum Gasteiger partial charge on any atom is 0.139 e. The Kier molecular flexibility index (Phi) is 5.06. The fourth-order valence-corrected chi connectivity index (χ4v) is 2.07. The van der Waals surface area contributed by atoms with Gasteiger partial charge in [-0.15, -0.1) is 0 Å². The summed E-state index contributed by atoms with van der Waals surface area (Å²) in [6.07, 6.45) is 5.45. The molecule has 0 radical (unpaired) electrons. The van der Waals surface area contributed by atoms with Crippen molar-refractivity contribution in [1.29, 1.82) is 0 Å². The molecule has 0 bridgehead atoms. The van der Waals surface area contributed by atoms with Crippen LogP contribution < -0.4 is 5.73 Å². The van der Waals surface area contributed by atoms with E-state index in [0.717, 1.165) is 19.4 Å². The Hall–Kier alpha value is -0.770. The summed E-state index contributed by atoms with van der Waals surface area (Å²) in [4.78, 5) is 2.53. The van der Waals surface area contributed by atoms with Gasteiger partial charge in [0, 0.05) is 6.42 Å². The van der Waals surface area contributed by atoms with Crippen molar-refractivity contribution >= 4 is 5.84 Å². The highest BCUT2D eigenvalue weighted by atomic mass is 16.4. The van der Waals surface area contributed by atoms with Gasteiger partial charge in [0.2, 0.25) is 0 Å². The van der Waals surface area contributed by atoms with E-state index in [2.05, 4.69) is 23.9 Å². The number of nitrogens with zero attached hydrogens (tertiary/aromatic N) is 2. The molecule has 4 heteroatoms. The van der Waals surface area contributed by atoms with Crippen LogP contribution in [0.4, 0.5) is 0 Å². The molecule has 0 aromatic carbocycles. The van der Waals surface area contributed by atoms with Crippen LogP contribution in [0.25, 0.3) is 0 Å². The third kappa shape index (κ3) is 4.84. The number of likely N-dealkylation sites (tertiary alicyclic amines) is 1. The average Bonchev–Trinajstić information content (AvgIpc) is 2.26. The lowest BCUT2D eigenvalue weighted by Gasteiger charge is -2.36. The molecule has 1 aliphatic rings. The molecule has 0 unspecified atom stereocenters. The van der Waals surface area contributed by atoms with Crippen LogP contribution in [0.3, 0.4) is 0 Å². The van der Waals surface area contributed by atoms with Gasteiger partial charge in [-0.05, 0) is 50.7 Å². The summed E-state index contributed by atoms with van der Waals surface area (Å²) in [5.74, 6) is 0.347. The second-order valence-corrected chi connectivity index (χ2v) is 5.55. The summed E-state index contributed by atoms with van der Waals surface area (Å²) < 4.78 is 0. The summed E-state index contributed by atoms with van der Waals surface area (Å²) in [5, 5.41) is 11.4. The van der Waals surface area contributed by atoms with Gasteiger partial charge in [-0.2, -0.15) is 0 Å². The van der Waals surface area contributed by atoms with Gasteiger partial charge in [0.1, 0.15) is 5.84 Å². The van der Waals surface area contributed by atoms with Crippen LogP contribution in [0.1, 0.15) is 46.0 Å². The predicted molar refractivity (Wildman–Crippen MR) is 66.7 cm³/mol. The maximum atomic E-state index is 8.39. The summed E-state index contributed by atoms with van der Waals surface area (Å²) in [6.45, 7) is 8.29. The van der Waals surface area contributed by atoms with Gasteiger partial charge >= 0.3 is 0 Å². The van der Waals surface area contributed by atoms with Crippen LogP contribution in [0, 0.1) is 5.41 Å². The number of piperidine rings is 1. The second-order valence-electron chi connectivity index (χ2n) is 5.55. The quantitative estimate of drug-likeness (QED) is 0.248. The van der Waals surface area contributed by atoms with Crippen molar-refractivity contribution in [2.75, 3.05) is 19.6 Å². The van der Waals surface area contributed by atoms with E-state index in [1.807, 2.05) is 0 Å². The molecule has 4 nitrogen and oxygen atoms in total. The van der Waals surface area contributed by atoms with Crippen molar-refractivity contribution in [3.8, 4) is 0 Å². The first-order chi connectivity index (χ1) is 7.53. The van der Waals surface area contributed by atoms with Gasteiger partial charge < -0.3 is 15.8 Å². The van der Waals surface area contributed by atoms with Crippen LogP contribution in [0.2, 0.25) is 0 Å². The predicted octanol–water partition coefficient (Wildman–Crippen LogP) is 2.03. The standard InChI is InChI=1S/C12H25N3O/c1-12(2)6-9-15(10-7-12)8-4-3-5-11(13)14-16/h16H,3-10H2,1-2H3,(H2,13,14). The first-order valence-corrected chi connectivity index (χ1v) is 6.22. The van der Waals surface area contributed by atoms with Crippen LogP contribution in [0.15, 0.2) is 5.16 Å². The fraction of sp³-hybridized carbons (Fsp3) is 0.917. The molecule has 94 valence electrons. The van der Waals surface area contributed by atoms with Gasteiger partial charge in [-0.3, -0.25) is 0 Å². The fourth-order valence-electron chi connectivity index (χ4n) is 2.07. The van der Waals surface area contributed by atoms with E-state index < -0.39 is 0 Å². The minimum atomic E-state index is 0.347. The number of unbranched alkanes of at least 4 members (excludes halogenated alkanes) is 1. The zero-order chi connectivity index (χ0) is 12.0. The van der Waals surface area contributed by atoms with E-state index in [9.17, 15) is 0 Å². The number of amidine groups is 1. The molecule has 0 aromatic heterocycles. The summed E-state index contributed by atoms with van der Waals surface area (Å²) >= 11 is 0. The Balaban J connectivity index is 2.07. The summed E-state index contributed by atoms with van der Waals surface area (Å²) in [6, 6.07) is 0. The number of hydrogen-bond donors (Lipinski definition) is 2. The van der Waals surface area contributed by atoms with Crippen molar-refractivity contribution in [2.45, 2.75) is 46.0 Å². The third-order valence-electron chi connectivity index (χ3n) is 3.50. The molecule has 0 aliphatic carbocycles. The van der Waals surface area contributed by atoms with Gasteiger partial charge in [0.05, 0.1) is 0 Å². The van der Waals surface area contributed by atoms with Crippen molar-refractivity contribution in [3.63, 3.8) is 0 Å². The second kappa shape index (κ2) is 6.09. The molecule has 0 spiro atoms.